The van der Waals surface area contributed by atoms with E-state index >= 15 is 0 Å². The molecule has 2 fully saturated rings. The maximum absolute atomic E-state index is 12.9. The fraction of sp³-hybridized carbons (Fsp3) is 0.500. The van der Waals surface area contributed by atoms with Crippen LogP contribution in [0.4, 0.5) is 4.79 Å². The second-order valence-corrected chi connectivity index (χ2v) is 9.87. The first-order chi connectivity index (χ1) is 14.7. The Kier molecular flexibility index (Phi) is 5.24. The van der Waals surface area contributed by atoms with Gasteiger partial charge in [0.1, 0.15) is 23.6 Å². The molecule has 1 saturated carbocycles. The maximum atomic E-state index is 12.9. The van der Waals surface area contributed by atoms with Gasteiger partial charge in [0.2, 0.25) is 0 Å². The number of benzene rings is 1. The minimum atomic E-state index is -3.99. The maximum Gasteiger partial charge on any atom is 0.326 e. The van der Waals surface area contributed by atoms with Crippen molar-refractivity contribution in [1.82, 2.24) is 14.5 Å². The van der Waals surface area contributed by atoms with E-state index < -0.39 is 45.9 Å². The summed E-state index contributed by atoms with van der Waals surface area (Å²) >= 11 is 0. The lowest BCUT2D eigenvalue weighted by molar-refractivity contribution is -0.148. The zero-order chi connectivity index (χ0) is 22.4. The Morgan fingerprint density at radius 2 is 1.97 bits per heavy atom. The number of fused-ring (bicyclic) bond motifs is 1. The highest BCUT2D eigenvalue weighted by Crippen LogP contribution is 2.38. The van der Waals surface area contributed by atoms with E-state index in [1.165, 1.54) is 18.2 Å². The summed E-state index contributed by atoms with van der Waals surface area (Å²) in [5.41, 5.74) is -0.905. The van der Waals surface area contributed by atoms with Crippen molar-refractivity contribution in [3.8, 4) is 0 Å². The molecule has 1 saturated heterocycles. The van der Waals surface area contributed by atoms with Crippen LogP contribution in [0.5, 0.6) is 0 Å². The summed E-state index contributed by atoms with van der Waals surface area (Å²) in [5, 5.41) is 2.75. The predicted molar refractivity (Wildman–Crippen MR) is 106 cm³/mol. The Hall–Kier alpha value is -2.95. The normalized spacial score (nSPS) is 26.9. The highest BCUT2D eigenvalue weighted by atomic mass is 32.2. The molecule has 0 radical (unpaired) electrons. The number of nitrogens with one attached hydrogen (secondary N) is 1. The van der Waals surface area contributed by atoms with E-state index in [-0.39, 0.29) is 29.5 Å². The van der Waals surface area contributed by atoms with Gasteiger partial charge in [0.25, 0.3) is 21.8 Å². The van der Waals surface area contributed by atoms with Crippen molar-refractivity contribution in [2.45, 2.75) is 43.0 Å². The highest BCUT2D eigenvalue weighted by molar-refractivity contribution is 7.90. The molecule has 166 valence electrons. The van der Waals surface area contributed by atoms with Crippen LogP contribution >= 0.6 is 0 Å². The molecule has 2 atom stereocenters. The fourth-order valence-corrected chi connectivity index (χ4v) is 6.06. The smallest absolute Gasteiger partial charge is 0.326 e. The standard InChI is InChI=1S/C20H23N3O7S/c1-13-6-4-5-9-20(13)18(26)22(19(27)21-20)12-16(24)30-11-10-23-17(25)14-7-2-3-8-15(14)31(23,28)29/h2-3,7-8,13H,4-6,9-12H2,1H3,(H,21,27)/t13-,20+/m1/s1. The van der Waals surface area contributed by atoms with E-state index in [9.17, 15) is 27.6 Å². The predicted octanol–water partition coefficient (Wildman–Crippen LogP) is 0.875. The van der Waals surface area contributed by atoms with Crippen LogP contribution in [-0.4, -0.2) is 66.7 Å². The number of sulfonamides is 1. The van der Waals surface area contributed by atoms with Gasteiger partial charge in [0, 0.05) is 0 Å². The number of urea groups is 1. The van der Waals surface area contributed by atoms with Crippen molar-refractivity contribution in [2.24, 2.45) is 5.92 Å². The van der Waals surface area contributed by atoms with Crippen LogP contribution < -0.4 is 5.32 Å². The van der Waals surface area contributed by atoms with Gasteiger partial charge in [-0.05, 0) is 30.9 Å². The van der Waals surface area contributed by atoms with E-state index in [1.54, 1.807) is 6.07 Å². The number of imide groups is 1. The van der Waals surface area contributed by atoms with Gasteiger partial charge in [0.05, 0.1) is 12.1 Å². The van der Waals surface area contributed by atoms with Crippen LogP contribution in [0, 0.1) is 5.92 Å². The topological polar surface area (TPSA) is 130 Å². The molecule has 4 rings (SSSR count). The van der Waals surface area contributed by atoms with Crippen LogP contribution in [0.15, 0.2) is 29.2 Å². The highest BCUT2D eigenvalue weighted by Gasteiger charge is 2.55. The number of hydrogen-bond acceptors (Lipinski definition) is 7. The Bertz CT molecular complexity index is 1070. The van der Waals surface area contributed by atoms with Crippen molar-refractivity contribution in [3.05, 3.63) is 29.8 Å². The largest absolute Gasteiger partial charge is 0.462 e. The minimum absolute atomic E-state index is 0.0354. The van der Waals surface area contributed by atoms with Crippen LogP contribution in [0.1, 0.15) is 43.0 Å². The van der Waals surface area contributed by atoms with E-state index in [0.717, 1.165) is 24.2 Å². The van der Waals surface area contributed by atoms with E-state index in [4.69, 9.17) is 4.74 Å². The molecule has 0 bridgehead atoms. The summed E-state index contributed by atoms with van der Waals surface area (Å²) in [6.07, 6.45) is 3.14. The molecule has 11 heteroatoms. The molecule has 0 aromatic heterocycles. The van der Waals surface area contributed by atoms with Gasteiger partial charge in [-0.2, -0.15) is 0 Å². The Morgan fingerprint density at radius 1 is 1.23 bits per heavy atom. The van der Waals surface area contributed by atoms with Gasteiger partial charge in [-0.25, -0.2) is 17.5 Å². The second kappa shape index (κ2) is 7.63. The molecule has 4 amide bonds. The van der Waals surface area contributed by atoms with E-state index in [0.29, 0.717) is 10.7 Å². The number of hydrogen-bond donors (Lipinski definition) is 1. The fourth-order valence-electron chi connectivity index (χ4n) is 4.51. The van der Waals surface area contributed by atoms with Crippen LogP contribution in [0.3, 0.4) is 0 Å². The summed E-state index contributed by atoms with van der Waals surface area (Å²) in [7, 11) is -3.99. The van der Waals surface area contributed by atoms with Crippen molar-refractivity contribution < 1.29 is 32.3 Å². The SMILES string of the molecule is C[C@@H]1CCCC[C@]12NC(=O)N(CC(=O)OCCN1C(=O)c3ccccc3S1(=O)=O)C2=O. The zero-order valence-electron chi connectivity index (χ0n) is 17.0. The number of rotatable bonds is 5. The molecular weight excluding hydrogens is 426 g/mol. The molecule has 1 aromatic carbocycles. The molecule has 3 aliphatic rings. The van der Waals surface area contributed by atoms with Crippen molar-refractivity contribution in [3.63, 3.8) is 0 Å². The second-order valence-electron chi connectivity index (χ2n) is 8.04. The average molecular weight is 449 g/mol. The van der Waals surface area contributed by atoms with Crippen LogP contribution in [0.25, 0.3) is 0 Å². The van der Waals surface area contributed by atoms with Gasteiger partial charge in [0.15, 0.2) is 0 Å². The molecule has 1 N–H and O–H groups in total. The Balaban J connectivity index is 1.35. The number of amides is 4. The zero-order valence-corrected chi connectivity index (χ0v) is 17.8. The molecule has 2 heterocycles. The van der Waals surface area contributed by atoms with E-state index in [1.807, 2.05) is 6.92 Å². The first kappa shape index (κ1) is 21.3. The van der Waals surface area contributed by atoms with Gasteiger partial charge in [-0.1, -0.05) is 31.9 Å². The molecule has 10 nitrogen and oxygen atoms in total. The third-order valence-corrected chi connectivity index (χ3v) is 8.10. The lowest BCUT2D eigenvalue weighted by Gasteiger charge is -2.36. The molecule has 0 unspecified atom stereocenters. The Morgan fingerprint density at radius 3 is 2.68 bits per heavy atom. The molecule has 31 heavy (non-hydrogen) atoms. The van der Waals surface area contributed by atoms with Crippen LogP contribution in [0.2, 0.25) is 0 Å². The lowest BCUT2D eigenvalue weighted by Crippen LogP contribution is -2.54. The Labute approximate surface area is 179 Å². The average Bonchev–Trinajstić information content (AvgIpc) is 3.08. The number of carbonyl (C=O) groups excluding carboxylic acids is 4. The number of esters is 1. The van der Waals surface area contributed by atoms with Crippen LogP contribution in [-0.2, 0) is 24.3 Å². The van der Waals surface area contributed by atoms with Crippen molar-refractivity contribution in [2.75, 3.05) is 19.7 Å². The van der Waals surface area contributed by atoms with Crippen molar-refractivity contribution in [1.29, 1.82) is 0 Å². The quantitative estimate of drug-likeness (QED) is 0.521. The monoisotopic (exact) mass is 449 g/mol. The molecule has 2 aliphatic heterocycles. The summed E-state index contributed by atoms with van der Waals surface area (Å²) in [5.74, 6) is -2.01. The van der Waals surface area contributed by atoms with Gasteiger partial charge < -0.3 is 10.1 Å². The number of nitrogens with zero attached hydrogens (tertiary/aromatic N) is 2. The van der Waals surface area contributed by atoms with Crippen molar-refractivity contribution >= 4 is 33.8 Å². The summed E-state index contributed by atoms with van der Waals surface area (Å²) in [6.45, 7) is 0.594. The summed E-state index contributed by atoms with van der Waals surface area (Å²) < 4.78 is 30.7. The number of ether oxygens (including phenoxy) is 1. The molecule has 1 aliphatic carbocycles. The molecule has 1 aromatic rings. The first-order valence-electron chi connectivity index (χ1n) is 10.1. The summed E-state index contributed by atoms with van der Waals surface area (Å²) in [6, 6.07) is 5.21. The molecular formula is C20H23N3O7S. The third kappa shape index (κ3) is 3.36. The minimum Gasteiger partial charge on any atom is -0.462 e. The number of carbonyl (C=O) groups is 4. The van der Waals surface area contributed by atoms with Gasteiger partial charge in [-0.3, -0.25) is 19.3 Å². The molecule has 1 spiro atoms. The first-order valence-corrected chi connectivity index (χ1v) is 11.6. The lowest BCUT2D eigenvalue weighted by atomic mass is 9.73. The van der Waals surface area contributed by atoms with Gasteiger partial charge >= 0.3 is 12.0 Å². The van der Waals surface area contributed by atoms with Gasteiger partial charge in [-0.15, -0.1) is 0 Å². The third-order valence-electron chi connectivity index (χ3n) is 6.26. The summed E-state index contributed by atoms with van der Waals surface area (Å²) in [4.78, 5) is 50.6. The van der Waals surface area contributed by atoms with E-state index in [2.05, 4.69) is 5.32 Å².